The van der Waals surface area contributed by atoms with Crippen molar-refractivity contribution in [2.75, 3.05) is 6.54 Å². The Morgan fingerprint density at radius 3 is 1.85 bits per heavy atom. The van der Waals surface area contributed by atoms with Crippen LogP contribution in [0.4, 0.5) is 13.2 Å². The molecule has 0 aliphatic rings. The van der Waals surface area contributed by atoms with Crippen LogP contribution in [-0.4, -0.2) is 12.5 Å². The molecule has 148 valence electrons. The smallest absolute Gasteiger partial charge is 0.356 e. The summed E-state index contributed by atoms with van der Waals surface area (Å²) in [5.74, 6) is -0.138. The molecule has 0 heterocycles. The normalized spacial score (nSPS) is 11.5. The molecule has 1 N–H and O–H groups in total. The van der Waals surface area contributed by atoms with Crippen LogP contribution in [0.1, 0.15) is 82.3 Å². The number of nitrogens with one attached hydrogen (secondary N) is 1. The van der Waals surface area contributed by atoms with E-state index in [1.54, 1.807) is 0 Å². The van der Waals surface area contributed by atoms with Crippen molar-refractivity contribution in [2.45, 2.75) is 83.7 Å². The van der Waals surface area contributed by atoms with E-state index >= 15 is 0 Å². The average Bonchev–Trinajstić information content (AvgIpc) is 2.59. The minimum Gasteiger partial charge on any atom is -0.356 e. The second-order valence-corrected chi connectivity index (χ2v) is 6.90. The van der Waals surface area contributed by atoms with Gasteiger partial charge in [0.25, 0.3) is 0 Å². The maximum atomic E-state index is 12.5. The van der Waals surface area contributed by atoms with Gasteiger partial charge in [-0.3, -0.25) is 4.79 Å². The fourth-order valence-electron chi connectivity index (χ4n) is 2.90. The summed E-state index contributed by atoms with van der Waals surface area (Å²) in [5.41, 5.74) is -0.0920. The van der Waals surface area contributed by atoms with Gasteiger partial charge in [-0.25, -0.2) is 0 Å². The quantitative estimate of drug-likeness (QED) is 0.406. The Kier molecular flexibility index (Phi) is 11.1. The first-order valence-electron chi connectivity index (χ1n) is 9.86. The number of hydrogen-bond donors (Lipinski definition) is 1. The molecule has 1 rings (SSSR count). The predicted octanol–water partition coefficient (Wildman–Crippen LogP) is 6.29. The summed E-state index contributed by atoms with van der Waals surface area (Å²) in [6.07, 6.45) is 8.23. The number of benzene rings is 1. The number of carbonyl (C=O) groups excluding carboxylic acids is 1. The molecule has 5 heteroatoms. The summed E-state index contributed by atoms with van der Waals surface area (Å²) in [6.45, 7) is 2.86. The van der Waals surface area contributed by atoms with Gasteiger partial charge in [0.15, 0.2) is 0 Å². The van der Waals surface area contributed by atoms with E-state index in [-0.39, 0.29) is 12.3 Å². The second kappa shape index (κ2) is 12.8. The number of amides is 1. The van der Waals surface area contributed by atoms with Gasteiger partial charge < -0.3 is 5.32 Å². The van der Waals surface area contributed by atoms with Gasteiger partial charge in [-0.1, -0.05) is 76.8 Å². The minimum atomic E-state index is -4.34. The van der Waals surface area contributed by atoms with Gasteiger partial charge in [-0.15, -0.1) is 0 Å². The van der Waals surface area contributed by atoms with Crippen molar-refractivity contribution >= 4 is 5.91 Å². The van der Waals surface area contributed by atoms with Gasteiger partial charge in [-0.05, 0) is 24.1 Å². The van der Waals surface area contributed by atoms with E-state index in [0.29, 0.717) is 12.1 Å². The standard InChI is InChI=1S/C21H32F3NO/c1-2-3-4-5-6-7-8-9-10-11-16-25-20(26)17-18-12-14-19(15-13-18)21(22,23)24/h12-15H,2-11,16-17H2,1H3,(H,25,26). The van der Waals surface area contributed by atoms with Gasteiger partial charge in [0.1, 0.15) is 0 Å². The van der Waals surface area contributed by atoms with E-state index in [0.717, 1.165) is 25.0 Å². The number of alkyl halides is 3. The fraction of sp³-hybridized carbons (Fsp3) is 0.667. The highest BCUT2D eigenvalue weighted by molar-refractivity contribution is 5.78. The molecule has 0 spiro atoms. The van der Waals surface area contributed by atoms with Crippen LogP contribution in [0.3, 0.4) is 0 Å². The van der Waals surface area contributed by atoms with E-state index in [4.69, 9.17) is 0 Å². The number of unbranched alkanes of at least 4 members (excludes halogenated alkanes) is 9. The molecule has 0 aliphatic carbocycles. The zero-order valence-corrected chi connectivity index (χ0v) is 15.8. The Bertz CT molecular complexity index is 497. The molecule has 0 unspecified atom stereocenters. The summed E-state index contributed by atoms with van der Waals surface area (Å²) < 4.78 is 37.5. The third-order valence-corrected chi connectivity index (χ3v) is 4.50. The van der Waals surface area contributed by atoms with Crippen molar-refractivity contribution in [3.8, 4) is 0 Å². The predicted molar refractivity (Wildman–Crippen MR) is 100 cm³/mol. The van der Waals surface area contributed by atoms with Crippen LogP contribution in [0.5, 0.6) is 0 Å². The molecular weight excluding hydrogens is 339 g/mol. The number of halogens is 3. The van der Waals surface area contributed by atoms with Gasteiger partial charge in [0, 0.05) is 6.54 Å². The zero-order chi connectivity index (χ0) is 19.3. The molecule has 1 aromatic carbocycles. The topological polar surface area (TPSA) is 29.1 Å². The largest absolute Gasteiger partial charge is 0.416 e. The lowest BCUT2D eigenvalue weighted by molar-refractivity contribution is -0.137. The summed E-state index contributed by atoms with van der Waals surface area (Å²) in [6, 6.07) is 4.77. The lowest BCUT2D eigenvalue weighted by Gasteiger charge is -2.08. The van der Waals surface area contributed by atoms with Crippen molar-refractivity contribution in [2.24, 2.45) is 0 Å². The molecule has 0 atom stereocenters. The van der Waals surface area contributed by atoms with Gasteiger partial charge in [0.2, 0.25) is 5.91 Å². The van der Waals surface area contributed by atoms with Crippen LogP contribution in [0.2, 0.25) is 0 Å². The third kappa shape index (κ3) is 10.5. The molecule has 1 aromatic rings. The monoisotopic (exact) mass is 371 g/mol. The number of hydrogen-bond acceptors (Lipinski definition) is 1. The van der Waals surface area contributed by atoms with Crippen LogP contribution in [-0.2, 0) is 17.4 Å². The maximum absolute atomic E-state index is 12.5. The first kappa shape index (κ1) is 22.5. The molecule has 0 bridgehead atoms. The highest BCUT2D eigenvalue weighted by atomic mass is 19.4. The van der Waals surface area contributed by atoms with Crippen molar-refractivity contribution in [1.82, 2.24) is 5.32 Å². The van der Waals surface area contributed by atoms with Crippen LogP contribution in [0.15, 0.2) is 24.3 Å². The first-order chi connectivity index (χ1) is 12.4. The number of carbonyl (C=O) groups is 1. The summed E-state index contributed by atoms with van der Waals surface area (Å²) >= 11 is 0. The molecule has 0 aromatic heterocycles. The molecule has 2 nitrogen and oxygen atoms in total. The van der Waals surface area contributed by atoms with Crippen LogP contribution in [0, 0.1) is 0 Å². The van der Waals surface area contributed by atoms with Crippen molar-refractivity contribution < 1.29 is 18.0 Å². The Morgan fingerprint density at radius 1 is 0.846 bits per heavy atom. The average molecular weight is 371 g/mol. The van der Waals surface area contributed by atoms with Crippen LogP contribution in [0.25, 0.3) is 0 Å². The lowest BCUT2D eigenvalue weighted by atomic mass is 10.1. The van der Waals surface area contributed by atoms with Crippen molar-refractivity contribution in [1.29, 1.82) is 0 Å². The van der Waals surface area contributed by atoms with E-state index in [9.17, 15) is 18.0 Å². The Balaban J connectivity index is 2.03. The van der Waals surface area contributed by atoms with Crippen molar-refractivity contribution in [3.05, 3.63) is 35.4 Å². The van der Waals surface area contributed by atoms with Gasteiger partial charge >= 0.3 is 6.18 Å². The van der Waals surface area contributed by atoms with Gasteiger partial charge in [-0.2, -0.15) is 13.2 Å². The SMILES string of the molecule is CCCCCCCCCCCCNC(=O)Cc1ccc(C(F)(F)F)cc1. The number of rotatable bonds is 13. The Hall–Kier alpha value is -1.52. The molecule has 0 fully saturated rings. The molecule has 1 amide bonds. The molecule has 0 saturated heterocycles. The third-order valence-electron chi connectivity index (χ3n) is 4.50. The lowest BCUT2D eigenvalue weighted by Crippen LogP contribution is -2.26. The van der Waals surface area contributed by atoms with E-state index < -0.39 is 11.7 Å². The highest BCUT2D eigenvalue weighted by Gasteiger charge is 2.29. The minimum absolute atomic E-state index is 0.121. The fourth-order valence-corrected chi connectivity index (χ4v) is 2.90. The first-order valence-corrected chi connectivity index (χ1v) is 9.86. The maximum Gasteiger partial charge on any atom is 0.416 e. The summed E-state index contributed by atoms with van der Waals surface area (Å²) in [5, 5.41) is 2.84. The second-order valence-electron chi connectivity index (χ2n) is 6.90. The molecule has 0 aliphatic heterocycles. The molecule has 26 heavy (non-hydrogen) atoms. The van der Waals surface area contributed by atoms with E-state index in [1.807, 2.05) is 0 Å². The Morgan fingerprint density at radius 2 is 1.35 bits per heavy atom. The van der Waals surface area contributed by atoms with Crippen LogP contribution < -0.4 is 5.32 Å². The highest BCUT2D eigenvalue weighted by Crippen LogP contribution is 2.29. The van der Waals surface area contributed by atoms with Crippen molar-refractivity contribution in [3.63, 3.8) is 0 Å². The van der Waals surface area contributed by atoms with Gasteiger partial charge in [0.05, 0.1) is 12.0 Å². The molecule has 0 saturated carbocycles. The summed E-state index contributed by atoms with van der Waals surface area (Å²) in [7, 11) is 0. The molecule has 0 radical (unpaired) electrons. The Labute approximate surface area is 155 Å². The zero-order valence-electron chi connectivity index (χ0n) is 15.8. The summed E-state index contributed by atoms with van der Waals surface area (Å²) in [4.78, 5) is 11.8. The van der Waals surface area contributed by atoms with Crippen LogP contribution >= 0.6 is 0 Å². The van der Waals surface area contributed by atoms with E-state index in [1.165, 1.54) is 63.5 Å². The van der Waals surface area contributed by atoms with E-state index in [2.05, 4.69) is 12.2 Å². The molecular formula is C21H32F3NO.